The normalized spacial score (nSPS) is 18.5. The highest BCUT2D eigenvalue weighted by atomic mass is 16.3. The molecular formula is C17H27NO. The molecule has 19 heavy (non-hydrogen) atoms. The molecule has 2 rings (SSSR count). The van der Waals surface area contributed by atoms with Crippen LogP contribution in [0.25, 0.3) is 0 Å². The van der Waals surface area contributed by atoms with Crippen molar-refractivity contribution in [2.24, 2.45) is 11.8 Å². The highest BCUT2D eigenvalue weighted by Crippen LogP contribution is 2.34. The zero-order chi connectivity index (χ0) is 13.7. The van der Waals surface area contributed by atoms with Crippen molar-refractivity contribution in [2.45, 2.75) is 51.7 Å². The van der Waals surface area contributed by atoms with E-state index < -0.39 is 0 Å². The van der Waals surface area contributed by atoms with E-state index in [4.69, 9.17) is 0 Å². The van der Waals surface area contributed by atoms with Gasteiger partial charge in [-0.3, -0.25) is 0 Å². The molecule has 1 aromatic rings. The molecule has 0 amide bonds. The summed E-state index contributed by atoms with van der Waals surface area (Å²) < 4.78 is 0. The quantitative estimate of drug-likeness (QED) is 0.754. The molecule has 1 aliphatic rings. The van der Waals surface area contributed by atoms with Crippen LogP contribution in [0.1, 0.15) is 38.7 Å². The minimum absolute atomic E-state index is 0.177. The van der Waals surface area contributed by atoms with Crippen molar-refractivity contribution in [2.75, 3.05) is 6.54 Å². The van der Waals surface area contributed by atoms with Gasteiger partial charge in [-0.05, 0) is 49.6 Å². The molecule has 2 nitrogen and oxygen atoms in total. The number of benzene rings is 1. The highest BCUT2D eigenvalue weighted by Gasteiger charge is 2.30. The van der Waals surface area contributed by atoms with Crippen LogP contribution in [0.15, 0.2) is 30.3 Å². The van der Waals surface area contributed by atoms with Crippen LogP contribution in [0, 0.1) is 11.8 Å². The molecule has 0 bridgehead atoms. The zero-order valence-corrected chi connectivity index (χ0v) is 12.2. The van der Waals surface area contributed by atoms with Crippen molar-refractivity contribution < 1.29 is 5.11 Å². The second-order valence-electron chi connectivity index (χ2n) is 6.19. The maximum atomic E-state index is 9.84. The molecule has 0 radical (unpaired) electrons. The molecular weight excluding hydrogens is 234 g/mol. The van der Waals surface area contributed by atoms with Gasteiger partial charge in [-0.2, -0.15) is 0 Å². The van der Waals surface area contributed by atoms with Crippen molar-refractivity contribution in [1.82, 2.24) is 5.32 Å². The Balaban J connectivity index is 1.77. The van der Waals surface area contributed by atoms with Crippen LogP contribution in [0.2, 0.25) is 0 Å². The van der Waals surface area contributed by atoms with Gasteiger partial charge in [0.15, 0.2) is 0 Å². The van der Waals surface area contributed by atoms with Crippen LogP contribution < -0.4 is 5.32 Å². The van der Waals surface area contributed by atoms with Crippen LogP contribution in [-0.4, -0.2) is 23.8 Å². The molecule has 2 N–H and O–H groups in total. The highest BCUT2D eigenvalue weighted by molar-refractivity contribution is 5.16. The van der Waals surface area contributed by atoms with Gasteiger partial charge in [0.2, 0.25) is 0 Å². The Morgan fingerprint density at radius 2 is 1.89 bits per heavy atom. The van der Waals surface area contributed by atoms with Gasteiger partial charge in [0.25, 0.3) is 0 Å². The van der Waals surface area contributed by atoms with Crippen LogP contribution in [0.3, 0.4) is 0 Å². The summed E-state index contributed by atoms with van der Waals surface area (Å²) in [5, 5.41) is 13.5. The van der Waals surface area contributed by atoms with E-state index in [0.29, 0.717) is 12.0 Å². The van der Waals surface area contributed by atoms with Gasteiger partial charge in [-0.1, -0.05) is 44.2 Å². The Kier molecular flexibility index (Phi) is 5.41. The number of hydrogen-bond donors (Lipinski definition) is 2. The topological polar surface area (TPSA) is 32.3 Å². The maximum Gasteiger partial charge on any atom is 0.0575 e. The molecule has 106 valence electrons. The van der Waals surface area contributed by atoms with E-state index >= 15 is 0 Å². The van der Waals surface area contributed by atoms with Crippen LogP contribution in [0.4, 0.5) is 0 Å². The van der Waals surface area contributed by atoms with Crippen LogP contribution in [-0.2, 0) is 6.42 Å². The summed E-state index contributed by atoms with van der Waals surface area (Å²) in [7, 11) is 0. The molecule has 1 fully saturated rings. The van der Waals surface area contributed by atoms with Gasteiger partial charge in [-0.15, -0.1) is 0 Å². The Bertz CT molecular complexity index is 359. The first-order chi connectivity index (χ1) is 9.16. The van der Waals surface area contributed by atoms with Crippen molar-refractivity contribution >= 4 is 0 Å². The van der Waals surface area contributed by atoms with Crippen molar-refractivity contribution in [3.63, 3.8) is 0 Å². The van der Waals surface area contributed by atoms with Crippen LogP contribution in [0.5, 0.6) is 0 Å². The lowest BCUT2D eigenvalue weighted by Crippen LogP contribution is -2.35. The third-order valence-electron chi connectivity index (χ3n) is 4.11. The van der Waals surface area contributed by atoms with Gasteiger partial charge in [0.1, 0.15) is 0 Å². The minimum Gasteiger partial charge on any atom is -0.393 e. The molecule has 2 heteroatoms. The third kappa shape index (κ3) is 4.96. The first-order valence-electron chi connectivity index (χ1n) is 7.62. The van der Waals surface area contributed by atoms with Gasteiger partial charge in [-0.25, -0.2) is 0 Å². The van der Waals surface area contributed by atoms with E-state index in [0.717, 1.165) is 25.3 Å². The fraction of sp³-hybridized carbons (Fsp3) is 0.647. The van der Waals surface area contributed by atoms with E-state index in [2.05, 4.69) is 49.5 Å². The smallest absolute Gasteiger partial charge is 0.0575 e. The summed E-state index contributed by atoms with van der Waals surface area (Å²) in [6.07, 6.45) is 4.51. The number of hydrogen-bond acceptors (Lipinski definition) is 2. The summed E-state index contributed by atoms with van der Waals surface area (Å²) >= 11 is 0. The minimum atomic E-state index is -0.177. The molecule has 0 aromatic heterocycles. The standard InChI is InChI=1S/C17H27NO/c1-13(2)17(19)10-11-18-16(15-8-9-15)12-14-6-4-3-5-7-14/h3-7,13,15-19H,8-12H2,1-2H3. The number of aliphatic hydroxyl groups excluding tert-OH is 1. The summed E-state index contributed by atoms with van der Waals surface area (Å²) in [6.45, 7) is 5.08. The molecule has 2 unspecified atom stereocenters. The molecule has 1 saturated carbocycles. The van der Waals surface area contributed by atoms with E-state index in [-0.39, 0.29) is 6.10 Å². The SMILES string of the molecule is CC(C)C(O)CCNC(Cc1ccccc1)C1CC1. The Hall–Kier alpha value is -0.860. The Morgan fingerprint density at radius 1 is 1.21 bits per heavy atom. The van der Waals surface area contributed by atoms with E-state index in [1.807, 2.05) is 0 Å². The number of aliphatic hydroxyl groups is 1. The summed E-state index contributed by atoms with van der Waals surface area (Å²) in [4.78, 5) is 0. The maximum absolute atomic E-state index is 9.84. The van der Waals surface area contributed by atoms with Gasteiger partial charge >= 0.3 is 0 Å². The fourth-order valence-electron chi connectivity index (χ4n) is 2.52. The van der Waals surface area contributed by atoms with E-state index in [9.17, 15) is 5.11 Å². The van der Waals surface area contributed by atoms with Gasteiger partial charge in [0, 0.05) is 6.04 Å². The Labute approximate surface area is 117 Å². The number of nitrogens with one attached hydrogen (secondary N) is 1. The lowest BCUT2D eigenvalue weighted by Gasteiger charge is -2.21. The summed E-state index contributed by atoms with van der Waals surface area (Å²) in [5.74, 6) is 1.20. The van der Waals surface area contributed by atoms with E-state index in [1.54, 1.807) is 0 Å². The van der Waals surface area contributed by atoms with Crippen molar-refractivity contribution in [1.29, 1.82) is 0 Å². The molecule has 0 saturated heterocycles. The zero-order valence-electron chi connectivity index (χ0n) is 12.2. The van der Waals surface area contributed by atoms with Gasteiger partial charge in [0.05, 0.1) is 6.10 Å². The predicted molar refractivity (Wildman–Crippen MR) is 80.1 cm³/mol. The Morgan fingerprint density at radius 3 is 2.47 bits per heavy atom. The summed E-state index contributed by atoms with van der Waals surface area (Å²) in [5.41, 5.74) is 1.41. The predicted octanol–water partition coefficient (Wildman–Crippen LogP) is 3.00. The largest absolute Gasteiger partial charge is 0.393 e. The van der Waals surface area contributed by atoms with Crippen LogP contribution >= 0.6 is 0 Å². The first kappa shape index (κ1) is 14.5. The van der Waals surface area contributed by atoms with Crippen molar-refractivity contribution in [3.05, 3.63) is 35.9 Å². The first-order valence-corrected chi connectivity index (χ1v) is 7.62. The molecule has 1 aliphatic carbocycles. The lowest BCUT2D eigenvalue weighted by molar-refractivity contribution is 0.115. The second-order valence-corrected chi connectivity index (χ2v) is 6.19. The average Bonchev–Trinajstić information content (AvgIpc) is 3.22. The monoisotopic (exact) mass is 261 g/mol. The van der Waals surface area contributed by atoms with Gasteiger partial charge < -0.3 is 10.4 Å². The lowest BCUT2D eigenvalue weighted by atomic mass is 10.0. The molecule has 1 aromatic carbocycles. The molecule has 0 aliphatic heterocycles. The number of rotatable bonds is 8. The van der Waals surface area contributed by atoms with Crippen molar-refractivity contribution in [3.8, 4) is 0 Å². The molecule has 0 spiro atoms. The molecule has 2 atom stereocenters. The van der Waals surface area contributed by atoms with E-state index in [1.165, 1.54) is 18.4 Å². The fourth-order valence-corrected chi connectivity index (χ4v) is 2.52. The third-order valence-corrected chi connectivity index (χ3v) is 4.11. The average molecular weight is 261 g/mol. The second kappa shape index (κ2) is 7.06. The summed E-state index contributed by atoms with van der Waals surface area (Å²) in [6, 6.07) is 11.3. The molecule has 0 heterocycles.